The van der Waals surface area contributed by atoms with Gasteiger partial charge in [0, 0.05) is 18.8 Å². The first-order valence-electron chi connectivity index (χ1n) is 20.5. The van der Waals surface area contributed by atoms with E-state index in [0.717, 1.165) is 57.3 Å². The molecule has 0 aromatic heterocycles. The number of carbonyl (C=O) groups is 3. The summed E-state index contributed by atoms with van der Waals surface area (Å²) in [5.41, 5.74) is 0. The molecule has 0 radical (unpaired) electrons. The summed E-state index contributed by atoms with van der Waals surface area (Å²) in [6, 6.07) is 0. The van der Waals surface area contributed by atoms with Gasteiger partial charge in [-0.05, 0) is 50.0 Å². The Morgan fingerprint density at radius 1 is 0.720 bits per heavy atom. The Bertz CT molecular complexity index is 953. The largest absolute Gasteiger partial charge is 0.463 e. The smallest absolute Gasteiger partial charge is 0.305 e. The van der Waals surface area contributed by atoms with Gasteiger partial charge in [0.2, 0.25) is 0 Å². The highest BCUT2D eigenvalue weighted by molar-refractivity contribution is 5.95. The van der Waals surface area contributed by atoms with Crippen LogP contribution in [0.5, 0.6) is 0 Å². The summed E-state index contributed by atoms with van der Waals surface area (Å²) < 4.78 is 10.3. The summed E-state index contributed by atoms with van der Waals surface area (Å²) in [4.78, 5) is 36.3. The summed E-state index contributed by atoms with van der Waals surface area (Å²) >= 11 is 0. The minimum Gasteiger partial charge on any atom is -0.463 e. The fourth-order valence-corrected chi connectivity index (χ4v) is 6.32. The number of aliphatic hydroxyl groups excluding tert-OH is 2. The first kappa shape index (κ1) is 45.8. The fraction of sp³-hybridized carbons (Fsp3) is 0.791. The fourth-order valence-electron chi connectivity index (χ4n) is 6.32. The number of carbonyl (C=O) groups excluding carboxylic acids is 3. The Balaban J connectivity index is 1.97. The highest BCUT2D eigenvalue weighted by atomic mass is 16.6. The molecule has 0 aromatic rings. The van der Waals surface area contributed by atoms with E-state index in [0.29, 0.717) is 19.3 Å². The van der Waals surface area contributed by atoms with E-state index in [1.807, 2.05) is 24.3 Å². The Kier molecular flexibility index (Phi) is 28.8. The SMILES string of the molecule is CCCCC[C@H](O)/C=C/[C@H]1C(=O)C=C[C@@H]1C/C=C\CCCC(=O)OC[C@@H](O)COC(=O)CCCCCCCCCCCCCCCCC(C)C. The first-order chi connectivity index (χ1) is 24.2. The van der Waals surface area contributed by atoms with E-state index in [1.165, 1.54) is 77.0 Å². The lowest BCUT2D eigenvalue weighted by Crippen LogP contribution is -2.25. The van der Waals surface area contributed by atoms with Crippen LogP contribution in [0.25, 0.3) is 0 Å². The zero-order valence-electron chi connectivity index (χ0n) is 32.2. The van der Waals surface area contributed by atoms with Gasteiger partial charge in [0.1, 0.15) is 19.3 Å². The molecule has 0 bridgehead atoms. The third-order valence-electron chi connectivity index (χ3n) is 9.55. The second-order valence-electron chi connectivity index (χ2n) is 14.9. The van der Waals surface area contributed by atoms with E-state index in [9.17, 15) is 24.6 Å². The zero-order chi connectivity index (χ0) is 36.7. The van der Waals surface area contributed by atoms with Gasteiger partial charge in [-0.25, -0.2) is 0 Å². The van der Waals surface area contributed by atoms with Crippen LogP contribution >= 0.6 is 0 Å². The maximum Gasteiger partial charge on any atom is 0.305 e. The molecule has 0 saturated carbocycles. The maximum atomic E-state index is 12.3. The van der Waals surface area contributed by atoms with Gasteiger partial charge in [-0.3, -0.25) is 14.4 Å². The van der Waals surface area contributed by atoms with E-state index >= 15 is 0 Å². The highest BCUT2D eigenvalue weighted by Gasteiger charge is 2.27. The number of allylic oxidation sites excluding steroid dienone is 5. The predicted molar refractivity (Wildman–Crippen MR) is 205 cm³/mol. The quantitative estimate of drug-likeness (QED) is 0.0398. The molecule has 0 saturated heterocycles. The summed E-state index contributed by atoms with van der Waals surface area (Å²) in [5.74, 6) is 0.0554. The number of hydrogen-bond acceptors (Lipinski definition) is 7. The summed E-state index contributed by atoms with van der Waals surface area (Å²) in [6.07, 6.45) is 35.4. The van der Waals surface area contributed by atoms with Crippen LogP contribution in [0, 0.1) is 17.8 Å². The minimum atomic E-state index is -1.03. The van der Waals surface area contributed by atoms with Crippen molar-refractivity contribution in [1.29, 1.82) is 0 Å². The van der Waals surface area contributed by atoms with Crippen LogP contribution in [0.15, 0.2) is 36.5 Å². The normalized spacial score (nSPS) is 17.4. The van der Waals surface area contributed by atoms with Gasteiger partial charge in [0.15, 0.2) is 5.78 Å². The van der Waals surface area contributed by atoms with Crippen LogP contribution in [-0.2, 0) is 23.9 Å². The number of aliphatic hydroxyl groups is 2. The molecule has 0 unspecified atom stereocenters. The van der Waals surface area contributed by atoms with Crippen LogP contribution in [0.4, 0.5) is 0 Å². The topological polar surface area (TPSA) is 110 Å². The lowest BCUT2D eigenvalue weighted by molar-refractivity contribution is -0.152. The third kappa shape index (κ3) is 26.5. The van der Waals surface area contributed by atoms with Gasteiger partial charge in [0.05, 0.1) is 6.10 Å². The molecule has 7 nitrogen and oxygen atoms in total. The summed E-state index contributed by atoms with van der Waals surface area (Å²) in [7, 11) is 0. The van der Waals surface area contributed by atoms with Crippen molar-refractivity contribution in [2.75, 3.05) is 13.2 Å². The highest BCUT2D eigenvalue weighted by Crippen LogP contribution is 2.27. The third-order valence-corrected chi connectivity index (χ3v) is 9.55. The number of esters is 2. The Morgan fingerprint density at radius 3 is 1.80 bits per heavy atom. The summed E-state index contributed by atoms with van der Waals surface area (Å²) in [5, 5.41) is 20.2. The van der Waals surface area contributed by atoms with E-state index in [4.69, 9.17) is 9.47 Å². The molecular formula is C43H74O7. The minimum absolute atomic E-state index is 0.0744. The Labute approximate surface area is 305 Å². The predicted octanol–water partition coefficient (Wildman–Crippen LogP) is 10.3. The summed E-state index contributed by atoms with van der Waals surface area (Å²) in [6.45, 7) is 6.39. The van der Waals surface area contributed by atoms with E-state index < -0.39 is 18.2 Å². The molecule has 1 rings (SSSR count). The second-order valence-corrected chi connectivity index (χ2v) is 14.9. The van der Waals surface area contributed by atoms with Crippen molar-refractivity contribution in [1.82, 2.24) is 0 Å². The van der Waals surface area contributed by atoms with E-state index in [1.54, 1.807) is 12.2 Å². The van der Waals surface area contributed by atoms with Crippen molar-refractivity contribution in [3.8, 4) is 0 Å². The van der Waals surface area contributed by atoms with Crippen molar-refractivity contribution in [3.05, 3.63) is 36.5 Å². The number of hydrogen-bond donors (Lipinski definition) is 2. The molecule has 288 valence electrons. The Hall–Kier alpha value is -2.25. The molecule has 0 amide bonds. The number of rotatable bonds is 33. The van der Waals surface area contributed by atoms with Crippen LogP contribution in [0.2, 0.25) is 0 Å². The Morgan fingerprint density at radius 2 is 1.24 bits per heavy atom. The molecule has 1 aliphatic carbocycles. The van der Waals surface area contributed by atoms with Crippen molar-refractivity contribution in [2.45, 2.75) is 187 Å². The van der Waals surface area contributed by atoms with Crippen molar-refractivity contribution in [3.63, 3.8) is 0 Å². The molecule has 0 spiro atoms. The first-order valence-corrected chi connectivity index (χ1v) is 20.5. The molecule has 1 aliphatic rings. The number of ketones is 1. The van der Waals surface area contributed by atoms with Gasteiger partial charge in [0.25, 0.3) is 0 Å². The monoisotopic (exact) mass is 703 g/mol. The molecule has 7 heteroatoms. The van der Waals surface area contributed by atoms with Crippen molar-refractivity contribution >= 4 is 17.7 Å². The van der Waals surface area contributed by atoms with E-state index in [-0.39, 0.29) is 43.2 Å². The second kappa shape index (κ2) is 31.5. The molecule has 50 heavy (non-hydrogen) atoms. The van der Waals surface area contributed by atoms with Crippen LogP contribution in [0.1, 0.15) is 175 Å². The van der Waals surface area contributed by atoms with Crippen LogP contribution in [-0.4, -0.2) is 53.4 Å². The van der Waals surface area contributed by atoms with Gasteiger partial charge in [-0.15, -0.1) is 0 Å². The van der Waals surface area contributed by atoms with Gasteiger partial charge in [-0.1, -0.05) is 160 Å². The molecule has 2 N–H and O–H groups in total. The van der Waals surface area contributed by atoms with E-state index in [2.05, 4.69) is 20.8 Å². The number of unbranched alkanes of at least 4 members (excludes halogenated alkanes) is 16. The average Bonchev–Trinajstić information content (AvgIpc) is 3.44. The van der Waals surface area contributed by atoms with Crippen molar-refractivity contribution in [2.24, 2.45) is 17.8 Å². The molecule has 0 aliphatic heterocycles. The maximum absolute atomic E-state index is 12.3. The van der Waals surface area contributed by atoms with Crippen LogP contribution in [0.3, 0.4) is 0 Å². The lowest BCUT2D eigenvalue weighted by Gasteiger charge is -2.13. The average molecular weight is 703 g/mol. The molecule has 0 aromatic carbocycles. The van der Waals surface area contributed by atoms with Gasteiger partial charge in [-0.2, -0.15) is 0 Å². The van der Waals surface area contributed by atoms with Crippen molar-refractivity contribution < 1.29 is 34.1 Å². The lowest BCUT2D eigenvalue weighted by atomic mass is 9.90. The molecular weight excluding hydrogens is 628 g/mol. The molecule has 0 fully saturated rings. The van der Waals surface area contributed by atoms with Crippen LogP contribution < -0.4 is 0 Å². The zero-order valence-corrected chi connectivity index (χ0v) is 32.2. The molecule has 0 heterocycles. The number of ether oxygens (including phenoxy) is 2. The van der Waals surface area contributed by atoms with Gasteiger partial charge < -0.3 is 19.7 Å². The van der Waals surface area contributed by atoms with Gasteiger partial charge >= 0.3 is 11.9 Å². The standard InChI is InChI=1S/C43H74O7/c1-4-5-20-27-38(44)31-32-40-37(30-33-41(40)46)26-22-18-19-24-29-43(48)50-35-39(45)34-49-42(47)28-23-17-15-13-11-9-7-6-8-10-12-14-16-21-25-36(2)3/h18,22,30-33,36-40,44-45H,4-17,19-21,23-29,34-35H2,1-3H3/b22-18-,32-31+/t37-,38-,39-,40+/m0/s1. The molecule has 4 atom stereocenters.